The van der Waals surface area contributed by atoms with Gasteiger partial charge in [0.2, 0.25) is 0 Å². The Morgan fingerprint density at radius 1 is 1.45 bits per heavy atom. The number of nitrogens with one attached hydrogen (secondary N) is 1. The summed E-state index contributed by atoms with van der Waals surface area (Å²) in [6.45, 7) is 1.28. The fourth-order valence-electron chi connectivity index (χ4n) is 2.65. The highest BCUT2D eigenvalue weighted by Crippen LogP contribution is 2.48. The lowest BCUT2D eigenvalue weighted by Crippen LogP contribution is -2.47. The van der Waals surface area contributed by atoms with E-state index < -0.39 is 24.1 Å². The molecule has 2 fully saturated rings. The molecule has 7 nitrogen and oxygen atoms in total. The Morgan fingerprint density at radius 3 is 2.70 bits per heavy atom. The minimum absolute atomic E-state index is 0.0773. The lowest BCUT2D eigenvalue weighted by molar-refractivity contribution is -0.141. The van der Waals surface area contributed by atoms with Crippen molar-refractivity contribution >= 4 is 12.0 Å². The van der Waals surface area contributed by atoms with Crippen LogP contribution >= 0.6 is 0 Å². The number of carbonyl (C=O) groups excluding carboxylic acids is 1. The molecule has 1 aliphatic heterocycles. The molecule has 0 aromatic heterocycles. The van der Waals surface area contributed by atoms with E-state index in [0.29, 0.717) is 13.2 Å². The van der Waals surface area contributed by atoms with Crippen LogP contribution in [0.4, 0.5) is 4.79 Å². The quantitative estimate of drug-likeness (QED) is 0.640. The molecular weight excluding hydrogens is 264 g/mol. The van der Waals surface area contributed by atoms with Crippen molar-refractivity contribution in [3.8, 4) is 0 Å². The van der Waals surface area contributed by atoms with Gasteiger partial charge in [-0.25, -0.2) is 9.59 Å². The van der Waals surface area contributed by atoms with Crippen LogP contribution in [0.3, 0.4) is 0 Å². The summed E-state index contributed by atoms with van der Waals surface area (Å²) < 4.78 is 5.05. The summed E-state index contributed by atoms with van der Waals surface area (Å²) in [5.41, 5.74) is 0.114. The monoisotopic (exact) mass is 286 g/mol. The summed E-state index contributed by atoms with van der Waals surface area (Å²) in [6.07, 6.45) is 2.35. The maximum Gasteiger partial charge on any atom is 0.326 e. The van der Waals surface area contributed by atoms with E-state index in [0.717, 1.165) is 19.3 Å². The van der Waals surface area contributed by atoms with Gasteiger partial charge in [0, 0.05) is 33.2 Å². The Hall–Kier alpha value is -1.34. The molecule has 3 N–H and O–H groups in total. The standard InChI is InChI=1S/C13H22N2O5/c1-20-5-4-13(2-3-13)8-14-12(19)15-7-9(16)6-10(15)11(17)18/h9-10,16H,2-8H2,1H3,(H,14,19)(H,17,18)/t9?,10-/m0/s1. The van der Waals surface area contributed by atoms with Crippen molar-refractivity contribution in [2.45, 2.75) is 37.8 Å². The third-order valence-corrected chi connectivity index (χ3v) is 4.23. The topological polar surface area (TPSA) is 99.1 Å². The molecular formula is C13H22N2O5. The van der Waals surface area contributed by atoms with Crippen LogP contribution in [0.1, 0.15) is 25.7 Å². The fourth-order valence-corrected chi connectivity index (χ4v) is 2.65. The number of β-amino-alcohol motifs (C(OH)–C–C–N with tert-alkyl or cyclic N) is 1. The van der Waals surface area contributed by atoms with Crippen LogP contribution < -0.4 is 5.32 Å². The van der Waals surface area contributed by atoms with Gasteiger partial charge in [-0.15, -0.1) is 0 Å². The number of carbonyl (C=O) groups is 2. The second-order valence-electron chi connectivity index (χ2n) is 5.80. The Labute approximate surface area is 117 Å². The SMILES string of the molecule is COCCC1(CNC(=O)N2CC(O)C[C@H]2C(=O)O)CC1. The normalized spacial score (nSPS) is 27.4. The molecule has 0 aromatic carbocycles. The predicted octanol–water partition coefficient (Wildman–Crippen LogP) is 0.0325. The van der Waals surface area contributed by atoms with Gasteiger partial charge in [0.15, 0.2) is 0 Å². The first-order valence-corrected chi connectivity index (χ1v) is 6.92. The maximum absolute atomic E-state index is 12.1. The first kappa shape index (κ1) is 15.1. The number of aliphatic hydroxyl groups excluding tert-OH is 1. The number of methoxy groups -OCH3 is 1. The number of hydrogen-bond donors (Lipinski definition) is 3. The van der Waals surface area contributed by atoms with E-state index in [4.69, 9.17) is 9.84 Å². The van der Waals surface area contributed by atoms with Crippen LogP contribution in [0.25, 0.3) is 0 Å². The van der Waals surface area contributed by atoms with Crippen molar-refractivity contribution in [2.24, 2.45) is 5.41 Å². The largest absolute Gasteiger partial charge is 0.480 e. The van der Waals surface area contributed by atoms with Crippen LogP contribution in [-0.2, 0) is 9.53 Å². The average molecular weight is 286 g/mol. The first-order chi connectivity index (χ1) is 9.47. The molecule has 2 amide bonds. The van der Waals surface area contributed by atoms with Crippen LogP contribution in [0.2, 0.25) is 0 Å². The molecule has 1 unspecified atom stereocenters. The number of amides is 2. The Morgan fingerprint density at radius 2 is 2.15 bits per heavy atom. The Bertz CT molecular complexity index is 383. The van der Waals surface area contributed by atoms with Crippen molar-refractivity contribution in [1.29, 1.82) is 0 Å². The van der Waals surface area contributed by atoms with Gasteiger partial charge in [-0.05, 0) is 24.7 Å². The van der Waals surface area contributed by atoms with Crippen molar-refractivity contribution < 1.29 is 24.5 Å². The minimum Gasteiger partial charge on any atom is -0.480 e. The molecule has 114 valence electrons. The molecule has 1 saturated heterocycles. The first-order valence-electron chi connectivity index (χ1n) is 6.92. The van der Waals surface area contributed by atoms with Gasteiger partial charge in [-0.2, -0.15) is 0 Å². The average Bonchev–Trinajstić information content (AvgIpc) is 3.07. The third kappa shape index (κ3) is 3.40. The number of aliphatic carboxylic acids is 1. The van der Waals surface area contributed by atoms with Gasteiger partial charge >= 0.3 is 12.0 Å². The van der Waals surface area contributed by atoms with Crippen LogP contribution in [-0.4, -0.2) is 66.1 Å². The summed E-state index contributed by atoms with van der Waals surface area (Å²) in [5, 5.41) is 21.4. The molecule has 7 heteroatoms. The highest BCUT2D eigenvalue weighted by molar-refractivity contribution is 5.83. The van der Waals surface area contributed by atoms with E-state index in [9.17, 15) is 14.7 Å². The molecule has 2 rings (SSSR count). The molecule has 0 radical (unpaired) electrons. The number of likely N-dealkylation sites (tertiary alicyclic amines) is 1. The van der Waals surface area contributed by atoms with E-state index in [-0.39, 0.29) is 18.4 Å². The second-order valence-corrected chi connectivity index (χ2v) is 5.80. The van der Waals surface area contributed by atoms with Gasteiger partial charge in [0.25, 0.3) is 0 Å². The fraction of sp³-hybridized carbons (Fsp3) is 0.846. The van der Waals surface area contributed by atoms with Crippen molar-refractivity contribution in [2.75, 3.05) is 26.8 Å². The van der Waals surface area contributed by atoms with E-state index in [1.54, 1.807) is 7.11 Å². The second kappa shape index (κ2) is 5.97. The van der Waals surface area contributed by atoms with E-state index in [1.807, 2.05) is 0 Å². The highest BCUT2D eigenvalue weighted by atomic mass is 16.5. The highest BCUT2D eigenvalue weighted by Gasteiger charge is 2.44. The molecule has 2 aliphatic rings. The van der Waals surface area contributed by atoms with Gasteiger partial charge in [-0.3, -0.25) is 0 Å². The Balaban J connectivity index is 1.84. The zero-order valence-corrected chi connectivity index (χ0v) is 11.7. The summed E-state index contributed by atoms with van der Waals surface area (Å²) in [7, 11) is 1.65. The van der Waals surface area contributed by atoms with E-state index in [2.05, 4.69) is 5.32 Å². The minimum atomic E-state index is -1.07. The molecule has 1 saturated carbocycles. The van der Waals surface area contributed by atoms with Gasteiger partial charge in [-0.1, -0.05) is 0 Å². The van der Waals surface area contributed by atoms with Crippen molar-refractivity contribution in [3.05, 3.63) is 0 Å². The number of nitrogens with zero attached hydrogens (tertiary/aromatic N) is 1. The number of urea groups is 1. The van der Waals surface area contributed by atoms with Gasteiger partial charge < -0.3 is 25.2 Å². The summed E-state index contributed by atoms with van der Waals surface area (Å²) in [6, 6.07) is -1.34. The maximum atomic E-state index is 12.1. The van der Waals surface area contributed by atoms with Crippen molar-refractivity contribution in [1.82, 2.24) is 10.2 Å². The molecule has 1 aliphatic carbocycles. The number of aliphatic hydroxyl groups is 1. The molecule has 1 heterocycles. The summed E-state index contributed by atoms with van der Waals surface area (Å²) in [5.74, 6) is -1.07. The molecule has 0 bridgehead atoms. The zero-order valence-electron chi connectivity index (χ0n) is 11.7. The summed E-state index contributed by atoms with van der Waals surface area (Å²) >= 11 is 0. The van der Waals surface area contributed by atoms with Crippen LogP contribution in [0.15, 0.2) is 0 Å². The Kier molecular flexibility index (Phi) is 4.49. The molecule has 20 heavy (non-hydrogen) atoms. The van der Waals surface area contributed by atoms with Crippen molar-refractivity contribution in [3.63, 3.8) is 0 Å². The van der Waals surface area contributed by atoms with Gasteiger partial charge in [0.1, 0.15) is 6.04 Å². The molecule has 2 atom stereocenters. The molecule has 0 aromatic rings. The van der Waals surface area contributed by atoms with Crippen LogP contribution in [0.5, 0.6) is 0 Å². The number of carboxylic acid groups (broad SMARTS) is 1. The lowest BCUT2D eigenvalue weighted by atomic mass is 10.0. The number of rotatable bonds is 6. The number of hydrogen-bond acceptors (Lipinski definition) is 4. The lowest BCUT2D eigenvalue weighted by Gasteiger charge is -2.23. The summed E-state index contributed by atoms with van der Waals surface area (Å²) in [4.78, 5) is 24.3. The number of ether oxygens (including phenoxy) is 1. The smallest absolute Gasteiger partial charge is 0.326 e. The van der Waals surface area contributed by atoms with E-state index in [1.165, 1.54) is 4.90 Å². The molecule has 0 spiro atoms. The zero-order chi connectivity index (χ0) is 14.8. The number of carboxylic acids is 1. The third-order valence-electron chi connectivity index (χ3n) is 4.23. The van der Waals surface area contributed by atoms with E-state index >= 15 is 0 Å². The van der Waals surface area contributed by atoms with Gasteiger partial charge in [0.05, 0.1) is 6.10 Å². The van der Waals surface area contributed by atoms with Crippen LogP contribution in [0, 0.1) is 5.41 Å². The predicted molar refractivity (Wildman–Crippen MR) is 70.3 cm³/mol.